The van der Waals surface area contributed by atoms with Crippen LogP contribution in [0.1, 0.15) is 10.4 Å². The Labute approximate surface area is 229 Å². The number of hydrogen-bond acceptors (Lipinski definition) is 16. The second-order valence-electron chi connectivity index (χ2n) is 9.36. The lowest BCUT2D eigenvalue weighted by Crippen LogP contribution is -2.56. The fraction of sp³-hybridized carbons (Fsp3) is 0.192. The molecule has 4 unspecified atom stereocenters. The maximum atomic E-state index is 12.8. The summed E-state index contributed by atoms with van der Waals surface area (Å²) < 4.78 is 26.2. The van der Waals surface area contributed by atoms with E-state index in [0.717, 1.165) is 24.3 Å². The Balaban J connectivity index is 1.30. The lowest BCUT2D eigenvalue weighted by Gasteiger charge is -2.36. The third kappa shape index (κ3) is 3.92. The van der Waals surface area contributed by atoms with Crippen molar-refractivity contribution in [3.05, 3.63) is 50.7 Å². The number of esters is 1. The van der Waals surface area contributed by atoms with Crippen LogP contribution in [0.3, 0.4) is 0 Å². The van der Waals surface area contributed by atoms with E-state index >= 15 is 0 Å². The van der Waals surface area contributed by atoms with Gasteiger partial charge >= 0.3 is 17.2 Å². The van der Waals surface area contributed by atoms with Crippen molar-refractivity contribution in [3.63, 3.8) is 0 Å². The second kappa shape index (κ2) is 9.30. The lowest BCUT2D eigenvalue weighted by molar-refractivity contribution is -0.242. The highest BCUT2D eigenvalue weighted by Crippen LogP contribution is 2.45. The van der Waals surface area contributed by atoms with E-state index in [4.69, 9.17) is 23.0 Å². The van der Waals surface area contributed by atoms with Crippen LogP contribution in [0.2, 0.25) is 0 Å². The fourth-order valence-corrected chi connectivity index (χ4v) is 4.69. The summed E-state index contributed by atoms with van der Waals surface area (Å²) >= 11 is 0. The number of carbonyl (C=O) groups is 1. The van der Waals surface area contributed by atoms with Crippen LogP contribution in [0.15, 0.2) is 42.7 Å². The summed E-state index contributed by atoms with van der Waals surface area (Å²) in [5.41, 5.74) is -3.64. The Morgan fingerprint density at radius 2 is 1.29 bits per heavy atom. The van der Waals surface area contributed by atoms with E-state index in [1.807, 2.05) is 0 Å². The normalized spacial score (nSPS) is 20.8. The predicted molar refractivity (Wildman–Crippen MR) is 135 cm³/mol. The van der Waals surface area contributed by atoms with Crippen LogP contribution in [0.4, 0.5) is 0 Å². The minimum atomic E-state index is -1.92. The molecule has 5 aromatic rings. The van der Waals surface area contributed by atoms with Gasteiger partial charge in [-0.25, -0.2) is 14.4 Å². The number of hydrogen-bond donors (Lipinski definition) is 8. The van der Waals surface area contributed by atoms with E-state index in [-0.39, 0.29) is 21.5 Å². The van der Waals surface area contributed by atoms with E-state index in [1.54, 1.807) is 0 Å². The second-order valence-corrected chi connectivity index (χ2v) is 9.36. The van der Waals surface area contributed by atoms with E-state index in [9.17, 15) is 55.2 Å². The van der Waals surface area contributed by atoms with Gasteiger partial charge in [-0.1, -0.05) is 0 Å². The standard InChI is InChI=1S/C26H18O16/c27-9-1-6(2-10(28)16(9)30)23(35)39-13-5-38-26(20(34)18(13)32)40-12-4-8-15-14-7(24(36)42-22(15)19(12)33)3-11(29)17(31)21(14)41-25(8)37/h1-4,13,18,20,26-34H,5H2. The summed E-state index contributed by atoms with van der Waals surface area (Å²) in [4.78, 5) is 37.8. The van der Waals surface area contributed by atoms with E-state index in [0.29, 0.717) is 0 Å². The molecule has 4 atom stereocenters. The zero-order valence-electron chi connectivity index (χ0n) is 20.7. The molecule has 1 aliphatic heterocycles. The van der Waals surface area contributed by atoms with E-state index < -0.39 is 105 Å². The number of rotatable bonds is 4. The Hall–Kier alpha value is -5.45. The maximum absolute atomic E-state index is 12.8. The van der Waals surface area contributed by atoms with Crippen molar-refractivity contribution in [2.24, 2.45) is 0 Å². The van der Waals surface area contributed by atoms with Gasteiger partial charge in [-0.2, -0.15) is 0 Å². The molecule has 3 aromatic carbocycles. The van der Waals surface area contributed by atoms with Gasteiger partial charge < -0.3 is 63.9 Å². The Bertz CT molecular complexity index is 2000. The van der Waals surface area contributed by atoms with E-state index in [2.05, 4.69) is 0 Å². The first kappa shape index (κ1) is 26.8. The Morgan fingerprint density at radius 1 is 0.738 bits per heavy atom. The zero-order valence-corrected chi connectivity index (χ0v) is 20.7. The van der Waals surface area contributed by atoms with Crippen molar-refractivity contribution in [1.29, 1.82) is 0 Å². The van der Waals surface area contributed by atoms with Crippen molar-refractivity contribution in [1.82, 2.24) is 0 Å². The average Bonchev–Trinajstić information content (AvgIpc) is 2.94. The molecule has 0 saturated carbocycles. The van der Waals surface area contributed by atoms with Crippen molar-refractivity contribution in [2.45, 2.75) is 24.6 Å². The Morgan fingerprint density at radius 3 is 1.90 bits per heavy atom. The van der Waals surface area contributed by atoms with Crippen LogP contribution in [0, 0.1) is 0 Å². The van der Waals surface area contributed by atoms with Crippen LogP contribution in [-0.4, -0.2) is 78.0 Å². The van der Waals surface area contributed by atoms with Crippen molar-refractivity contribution in [3.8, 4) is 40.2 Å². The number of benzene rings is 3. The van der Waals surface area contributed by atoms with Gasteiger partial charge in [0.2, 0.25) is 17.8 Å². The average molecular weight is 586 g/mol. The maximum Gasteiger partial charge on any atom is 0.344 e. The molecule has 6 rings (SSSR count). The molecular weight excluding hydrogens is 568 g/mol. The van der Waals surface area contributed by atoms with E-state index in [1.165, 1.54) is 0 Å². The number of aromatic hydroxyl groups is 6. The van der Waals surface area contributed by atoms with Crippen molar-refractivity contribution in [2.75, 3.05) is 6.61 Å². The van der Waals surface area contributed by atoms with Gasteiger partial charge in [0.1, 0.15) is 12.2 Å². The van der Waals surface area contributed by atoms with Crippen LogP contribution < -0.4 is 16.0 Å². The third-order valence-corrected chi connectivity index (χ3v) is 6.78. The quantitative estimate of drug-likeness (QED) is 0.0613. The molecule has 3 heterocycles. The molecule has 0 spiro atoms. The molecule has 218 valence electrons. The Kier molecular flexibility index (Phi) is 5.92. The first-order valence-corrected chi connectivity index (χ1v) is 11.9. The molecule has 16 heteroatoms. The van der Waals surface area contributed by atoms with Crippen LogP contribution >= 0.6 is 0 Å². The highest BCUT2D eigenvalue weighted by molar-refractivity contribution is 6.22. The first-order chi connectivity index (χ1) is 19.9. The summed E-state index contributed by atoms with van der Waals surface area (Å²) in [7, 11) is 0. The molecule has 1 fully saturated rings. The monoisotopic (exact) mass is 586 g/mol. The molecule has 1 saturated heterocycles. The molecule has 0 amide bonds. The highest BCUT2D eigenvalue weighted by Gasteiger charge is 2.43. The number of carbonyl (C=O) groups excluding carboxylic acids is 1. The molecule has 1 aliphatic rings. The summed E-state index contributed by atoms with van der Waals surface area (Å²) in [6, 6.07) is 3.47. The van der Waals surface area contributed by atoms with Gasteiger partial charge in [-0.3, -0.25) is 0 Å². The summed E-state index contributed by atoms with van der Waals surface area (Å²) in [6.07, 6.45) is -6.97. The lowest BCUT2D eigenvalue weighted by atomic mass is 10.0. The SMILES string of the molecule is O=C(OC1COC(Oc2cc3c(=O)oc4c(O)c(O)cc5c(=O)oc(c2O)c3c45)C(O)C1O)c1cc(O)c(O)c(O)c1. The zero-order chi connectivity index (χ0) is 30.2. The molecule has 42 heavy (non-hydrogen) atoms. The third-order valence-electron chi connectivity index (χ3n) is 6.78. The molecule has 8 N–H and O–H groups in total. The van der Waals surface area contributed by atoms with Gasteiger partial charge in [0, 0.05) is 10.8 Å². The molecule has 0 bridgehead atoms. The summed E-state index contributed by atoms with van der Waals surface area (Å²) in [5.74, 6) is -6.62. The fourth-order valence-electron chi connectivity index (χ4n) is 4.69. The van der Waals surface area contributed by atoms with Gasteiger partial charge in [-0.05, 0) is 24.3 Å². The number of phenolic OH excluding ortho intramolecular Hbond substituents is 6. The van der Waals surface area contributed by atoms with Crippen molar-refractivity contribution >= 4 is 38.7 Å². The first-order valence-electron chi connectivity index (χ1n) is 11.9. The molecule has 0 radical (unpaired) electrons. The van der Waals surface area contributed by atoms with Crippen LogP contribution in [0.25, 0.3) is 32.7 Å². The number of aliphatic hydroxyl groups is 2. The minimum absolute atomic E-state index is 0.128. The molecule has 16 nitrogen and oxygen atoms in total. The molecule has 2 aromatic heterocycles. The topological polar surface area (TPSA) is 267 Å². The van der Waals surface area contributed by atoms with Crippen LogP contribution in [0.5, 0.6) is 40.2 Å². The highest BCUT2D eigenvalue weighted by atomic mass is 16.7. The smallest absolute Gasteiger partial charge is 0.344 e. The van der Waals surface area contributed by atoms with Crippen molar-refractivity contribution < 1.29 is 68.7 Å². The van der Waals surface area contributed by atoms with Gasteiger partial charge in [0.05, 0.1) is 22.9 Å². The predicted octanol–water partition coefficient (Wildman–Crippen LogP) is 0.406. The van der Waals surface area contributed by atoms with Gasteiger partial charge in [0.25, 0.3) is 0 Å². The summed E-state index contributed by atoms with van der Waals surface area (Å²) in [5, 5.41) is 79.9. The largest absolute Gasteiger partial charge is 0.504 e. The van der Waals surface area contributed by atoms with Gasteiger partial charge in [0.15, 0.2) is 46.0 Å². The molecular formula is C26H18O16. The number of aliphatic hydroxyl groups excluding tert-OH is 2. The molecule has 0 aliphatic carbocycles. The number of phenols is 6. The summed E-state index contributed by atoms with van der Waals surface area (Å²) in [6.45, 7) is -0.570. The van der Waals surface area contributed by atoms with Crippen LogP contribution in [-0.2, 0) is 9.47 Å². The van der Waals surface area contributed by atoms with Gasteiger partial charge in [-0.15, -0.1) is 0 Å². The minimum Gasteiger partial charge on any atom is -0.504 e. The number of ether oxygens (including phenoxy) is 3.